The first-order valence-electron chi connectivity index (χ1n) is 8.96. The topological polar surface area (TPSA) is 78.4 Å². The average Bonchev–Trinajstić information content (AvgIpc) is 2.67. The maximum absolute atomic E-state index is 12.3. The summed E-state index contributed by atoms with van der Waals surface area (Å²) in [5.74, 6) is -0.504. The zero-order valence-corrected chi connectivity index (χ0v) is 17.1. The second-order valence-electron chi connectivity index (χ2n) is 6.65. The third-order valence-electron chi connectivity index (χ3n) is 4.40. The van der Waals surface area contributed by atoms with Crippen molar-refractivity contribution in [3.05, 3.63) is 64.1 Å². The Kier molecular flexibility index (Phi) is 7.85. The van der Waals surface area contributed by atoms with E-state index in [1.54, 1.807) is 25.1 Å². The third kappa shape index (κ3) is 6.71. The van der Waals surface area contributed by atoms with E-state index in [4.69, 9.17) is 0 Å². The van der Waals surface area contributed by atoms with Gasteiger partial charge < -0.3 is 15.7 Å². The lowest BCUT2D eigenvalue weighted by atomic mass is 10.00. The van der Waals surface area contributed by atoms with Gasteiger partial charge in [-0.3, -0.25) is 9.59 Å². The van der Waals surface area contributed by atoms with Crippen LogP contribution in [0.4, 0.5) is 0 Å². The maximum Gasteiger partial charge on any atom is 0.242 e. The summed E-state index contributed by atoms with van der Waals surface area (Å²) in [5, 5.41) is 15.3. The van der Waals surface area contributed by atoms with E-state index >= 15 is 0 Å². The van der Waals surface area contributed by atoms with Gasteiger partial charge in [-0.1, -0.05) is 53.2 Å². The summed E-state index contributed by atoms with van der Waals surface area (Å²) in [6.45, 7) is 3.70. The number of aryl methyl sites for hydroxylation is 1. The molecule has 5 nitrogen and oxygen atoms in total. The number of amides is 2. The van der Waals surface area contributed by atoms with Crippen molar-refractivity contribution in [2.24, 2.45) is 5.92 Å². The lowest BCUT2D eigenvalue weighted by Crippen LogP contribution is -2.46. The Balaban J connectivity index is 1.78. The van der Waals surface area contributed by atoms with E-state index in [2.05, 4.69) is 26.6 Å². The zero-order valence-electron chi connectivity index (χ0n) is 15.5. The third-order valence-corrected chi connectivity index (χ3v) is 4.90. The summed E-state index contributed by atoms with van der Waals surface area (Å²) >= 11 is 3.33. The van der Waals surface area contributed by atoms with Crippen LogP contribution in [0.5, 0.6) is 5.75 Å². The molecule has 0 heterocycles. The Hall–Kier alpha value is -2.34. The molecule has 2 amide bonds. The first-order valence-corrected chi connectivity index (χ1v) is 9.75. The van der Waals surface area contributed by atoms with E-state index in [0.29, 0.717) is 5.56 Å². The molecular formula is C21H25BrN2O3. The average molecular weight is 433 g/mol. The highest BCUT2D eigenvalue weighted by atomic mass is 79.9. The molecule has 144 valence electrons. The van der Waals surface area contributed by atoms with Gasteiger partial charge in [0.05, 0.1) is 0 Å². The summed E-state index contributed by atoms with van der Waals surface area (Å²) in [4.78, 5) is 24.5. The molecule has 2 rings (SSSR count). The van der Waals surface area contributed by atoms with Gasteiger partial charge in [-0.25, -0.2) is 0 Å². The van der Waals surface area contributed by atoms with Gasteiger partial charge in [-0.15, -0.1) is 0 Å². The normalized spacial score (nSPS) is 12.9. The second kappa shape index (κ2) is 10.1. The molecule has 0 aliphatic rings. The highest BCUT2D eigenvalue weighted by molar-refractivity contribution is 9.10. The first-order chi connectivity index (χ1) is 12.9. The minimum atomic E-state index is -0.647. The largest absolute Gasteiger partial charge is 0.508 e. The van der Waals surface area contributed by atoms with Gasteiger partial charge in [-0.2, -0.15) is 0 Å². The van der Waals surface area contributed by atoms with Crippen molar-refractivity contribution in [1.82, 2.24) is 10.6 Å². The van der Waals surface area contributed by atoms with E-state index in [-0.39, 0.29) is 30.0 Å². The SMILES string of the molecule is C[C@H](CCc1ccccc1)C(=O)N[C@@H](C)C(=O)NCc1cc(Br)ccc1O. The lowest BCUT2D eigenvalue weighted by Gasteiger charge is -2.18. The van der Waals surface area contributed by atoms with Crippen LogP contribution < -0.4 is 10.6 Å². The molecule has 0 fully saturated rings. The number of phenols is 1. The van der Waals surface area contributed by atoms with Gasteiger partial charge in [-0.05, 0) is 43.5 Å². The van der Waals surface area contributed by atoms with E-state index in [0.717, 1.165) is 17.3 Å². The summed E-state index contributed by atoms with van der Waals surface area (Å²) in [6, 6.07) is 14.4. The predicted molar refractivity (Wildman–Crippen MR) is 109 cm³/mol. The molecule has 0 unspecified atom stereocenters. The van der Waals surface area contributed by atoms with E-state index in [1.807, 2.05) is 37.3 Å². The molecule has 0 bridgehead atoms. The molecule has 0 spiro atoms. The monoisotopic (exact) mass is 432 g/mol. The molecule has 0 aliphatic carbocycles. The fourth-order valence-corrected chi connectivity index (χ4v) is 3.02. The Morgan fingerprint density at radius 2 is 1.78 bits per heavy atom. The van der Waals surface area contributed by atoms with Crippen LogP contribution in [0.1, 0.15) is 31.4 Å². The van der Waals surface area contributed by atoms with Crippen molar-refractivity contribution in [2.45, 2.75) is 39.3 Å². The van der Waals surface area contributed by atoms with Crippen LogP contribution in [-0.2, 0) is 22.6 Å². The fourth-order valence-electron chi connectivity index (χ4n) is 2.61. The van der Waals surface area contributed by atoms with Crippen LogP contribution in [0, 0.1) is 5.92 Å². The lowest BCUT2D eigenvalue weighted by molar-refractivity contribution is -0.130. The van der Waals surface area contributed by atoms with E-state index < -0.39 is 6.04 Å². The van der Waals surface area contributed by atoms with Crippen molar-refractivity contribution < 1.29 is 14.7 Å². The van der Waals surface area contributed by atoms with Crippen molar-refractivity contribution in [3.63, 3.8) is 0 Å². The molecule has 0 radical (unpaired) electrons. The first kappa shape index (κ1) is 21.0. The van der Waals surface area contributed by atoms with Crippen LogP contribution in [0.15, 0.2) is 53.0 Å². The molecule has 0 saturated carbocycles. The minimum absolute atomic E-state index is 0.115. The van der Waals surface area contributed by atoms with Crippen LogP contribution in [-0.4, -0.2) is 23.0 Å². The van der Waals surface area contributed by atoms with Gasteiger partial charge in [0.15, 0.2) is 0 Å². The highest BCUT2D eigenvalue weighted by Crippen LogP contribution is 2.21. The molecule has 6 heteroatoms. The second-order valence-corrected chi connectivity index (χ2v) is 7.56. The molecule has 2 atom stereocenters. The molecule has 3 N–H and O–H groups in total. The smallest absolute Gasteiger partial charge is 0.242 e. The number of hydrogen-bond acceptors (Lipinski definition) is 3. The highest BCUT2D eigenvalue weighted by Gasteiger charge is 2.19. The molecular weight excluding hydrogens is 408 g/mol. The molecule has 27 heavy (non-hydrogen) atoms. The van der Waals surface area contributed by atoms with Gasteiger partial charge >= 0.3 is 0 Å². The van der Waals surface area contributed by atoms with Crippen molar-refractivity contribution in [1.29, 1.82) is 0 Å². The zero-order chi connectivity index (χ0) is 19.8. The number of carbonyl (C=O) groups is 2. The number of aromatic hydroxyl groups is 1. The molecule has 2 aromatic carbocycles. The van der Waals surface area contributed by atoms with Crippen LogP contribution in [0.2, 0.25) is 0 Å². The van der Waals surface area contributed by atoms with Gasteiger partial charge in [0.25, 0.3) is 0 Å². The summed E-state index contributed by atoms with van der Waals surface area (Å²) in [5.41, 5.74) is 1.80. The minimum Gasteiger partial charge on any atom is -0.508 e. The van der Waals surface area contributed by atoms with Crippen LogP contribution in [0.3, 0.4) is 0 Å². The van der Waals surface area contributed by atoms with Crippen LogP contribution >= 0.6 is 15.9 Å². The number of phenolic OH excluding ortho intramolecular Hbond substituents is 1. The Morgan fingerprint density at radius 3 is 2.48 bits per heavy atom. The number of carbonyl (C=O) groups excluding carboxylic acids is 2. The Labute approximate surface area is 168 Å². The maximum atomic E-state index is 12.3. The van der Waals surface area contributed by atoms with Crippen molar-refractivity contribution >= 4 is 27.7 Å². The van der Waals surface area contributed by atoms with Gasteiger partial charge in [0.2, 0.25) is 11.8 Å². The fraction of sp³-hybridized carbons (Fsp3) is 0.333. The molecule has 0 aromatic heterocycles. The van der Waals surface area contributed by atoms with E-state index in [1.165, 1.54) is 5.56 Å². The quantitative estimate of drug-likeness (QED) is 0.596. The number of rotatable bonds is 8. The number of nitrogens with one attached hydrogen (secondary N) is 2. The summed E-state index contributed by atoms with van der Waals surface area (Å²) < 4.78 is 0.818. The van der Waals surface area contributed by atoms with Crippen molar-refractivity contribution in [2.75, 3.05) is 0 Å². The van der Waals surface area contributed by atoms with Crippen LogP contribution in [0.25, 0.3) is 0 Å². The number of hydrogen-bond donors (Lipinski definition) is 3. The number of halogens is 1. The standard InChI is InChI=1S/C21H25BrN2O3/c1-14(8-9-16-6-4-3-5-7-16)20(26)24-15(2)21(27)23-13-17-12-18(22)10-11-19(17)25/h3-7,10-12,14-15,25H,8-9,13H2,1-2H3,(H,23,27)(H,24,26)/t14-,15+/m1/s1. The summed E-state index contributed by atoms with van der Waals surface area (Å²) in [7, 11) is 0. The van der Waals surface area contributed by atoms with E-state index in [9.17, 15) is 14.7 Å². The number of benzene rings is 2. The molecule has 0 aliphatic heterocycles. The Morgan fingerprint density at radius 1 is 1.07 bits per heavy atom. The molecule has 0 saturated heterocycles. The van der Waals surface area contributed by atoms with Crippen molar-refractivity contribution in [3.8, 4) is 5.75 Å². The Bertz CT molecular complexity index is 780. The predicted octanol–water partition coefficient (Wildman–Crippen LogP) is 3.54. The van der Waals surface area contributed by atoms with Gasteiger partial charge in [0, 0.05) is 22.5 Å². The molecule has 2 aromatic rings. The van der Waals surface area contributed by atoms with Gasteiger partial charge in [0.1, 0.15) is 11.8 Å². The summed E-state index contributed by atoms with van der Waals surface area (Å²) in [6.07, 6.45) is 1.54.